The van der Waals surface area contributed by atoms with Crippen LogP contribution in [0.3, 0.4) is 0 Å². The van der Waals surface area contributed by atoms with Crippen molar-refractivity contribution in [3.05, 3.63) is 34.8 Å². The van der Waals surface area contributed by atoms with Crippen LogP contribution in [-0.4, -0.2) is 6.04 Å². The van der Waals surface area contributed by atoms with Crippen LogP contribution in [0.25, 0.3) is 0 Å². The quantitative estimate of drug-likeness (QED) is 0.616. The van der Waals surface area contributed by atoms with Gasteiger partial charge >= 0.3 is 0 Å². The summed E-state index contributed by atoms with van der Waals surface area (Å²) in [5.41, 5.74) is 7.10. The SMILES string of the molecule is C=CC(C)Nc1cc(Cl)c(Cl)cc1N. The molecule has 3 N–H and O–H groups in total. The van der Waals surface area contributed by atoms with Crippen molar-refractivity contribution >= 4 is 34.6 Å². The molecule has 0 aromatic heterocycles. The van der Waals surface area contributed by atoms with Crippen LogP contribution in [0, 0.1) is 0 Å². The molecule has 0 amide bonds. The largest absolute Gasteiger partial charge is 0.397 e. The second kappa shape index (κ2) is 4.58. The molecule has 2 nitrogen and oxygen atoms in total. The van der Waals surface area contributed by atoms with Gasteiger partial charge in [-0.1, -0.05) is 29.3 Å². The lowest BCUT2D eigenvalue weighted by atomic mass is 10.2. The van der Waals surface area contributed by atoms with E-state index >= 15 is 0 Å². The van der Waals surface area contributed by atoms with Gasteiger partial charge < -0.3 is 11.1 Å². The lowest BCUT2D eigenvalue weighted by Crippen LogP contribution is -2.12. The molecule has 1 aromatic rings. The first-order chi connectivity index (χ1) is 6.54. The molecule has 0 fully saturated rings. The summed E-state index contributed by atoms with van der Waals surface area (Å²) in [4.78, 5) is 0. The molecule has 1 rings (SSSR count). The monoisotopic (exact) mass is 230 g/mol. The Morgan fingerprint density at radius 1 is 1.43 bits per heavy atom. The first-order valence-electron chi connectivity index (χ1n) is 4.18. The topological polar surface area (TPSA) is 38.0 Å². The van der Waals surface area contributed by atoms with Gasteiger partial charge in [0.15, 0.2) is 0 Å². The molecule has 4 heteroatoms. The Balaban J connectivity index is 2.97. The van der Waals surface area contributed by atoms with E-state index in [-0.39, 0.29) is 6.04 Å². The van der Waals surface area contributed by atoms with E-state index in [2.05, 4.69) is 11.9 Å². The molecule has 76 valence electrons. The fraction of sp³-hybridized carbons (Fsp3) is 0.200. The number of rotatable bonds is 3. The lowest BCUT2D eigenvalue weighted by molar-refractivity contribution is 1.00. The van der Waals surface area contributed by atoms with E-state index in [0.717, 1.165) is 5.69 Å². The van der Waals surface area contributed by atoms with Crippen LogP contribution in [0.5, 0.6) is 0 Å². The number of hydrogen-bond acceptors (Lipinski definition) is 2. The molecule has 14 heavy (non-hydrogen) atoms. The Kier molecular flexibility index (Phi) is 3.67. The molecule has 1 unspecified atom stereocenters. The van der Waals surface area contributed by atoms with Crippen molar-refractivity contribution in [3.63, 3.8) is 0 Å². The summed E-state index contributed by atoms with van der Waals surface area (Å²) >= 11 is 11.7. The van der Waals surface area contributed by atoms with E-state index in [1.807, 2.05) is 6.92 Å². The van der Waals surface area contributed by atoms with E-state index in [0.29, 0.717) is 15.7 Å². The van der Waals surface area contributed by atoms with Crippen molar-refractivity contribution in [2.75, 3.05) is 11.1 Å². The third kappa shape index (κ3) is 2.56. The van der Waals surface area contributed by atoms with Gasteiger partial charge in [0.1, 0.15) is 0 Å². The third-order valence-corrected chi connectivity index (χ3v) is 2.55. The van der Waals surface area contributed by atoms with E-state index < -0.39 is 0 Å². The number of halogens is 2. The van der Waals surface area contributed by atoms with Gasteiger partial charge in [0.25, 0.3) is 0 Å². The molecule has 0 spiro atoms. The summed E-state index contributed by atoms with van der Waals surface area (Å²) in [7, 11) is 0. The number of nitrogens with one attached hydrogen (secondary N) is 1. The van der Waals surface area contributed by atoms with Crippen LogP contribution >= 0.6 is 23.2 Å². The van der Waals surface area contributed by atoms with Gasteiger partial charge in [-0.05, 0) is 19.1 Å². The number of nitrogen functional groups attached to an aromatic ring is 1. The molecule has 0 bridgehead atoms. The minimum atomic E-state index is 0.134. The average molecular weight is 231 g/mol. The molecule has 0 aliphatic heterocycles. The van der Waals surface area contributed by atoms with Crippen LogP contribution in [0.2, 0.25) is 10.0 Å². The standard InChI is InChI=1S/C10H12Cl2N2/c1-3-6(2)14-10-5-8(12)7(11)4-9(10)13/h3-6,14H,1,13H2,2H3. The van der Waals surface area contributed by atoms with Gasteiger partial charge in [-0.15, -0.1) is 6.58 Å². The Labute approximate surface area is 93.7 Å². The van der Waals surface area contributed by atoms with Gasteiger partial charge in [0, 0.05) is 6.04 Å². The number of hydrogen-bond donors (Lipinski definition) is 2. The zero-order valence-electron chi connectivity index (χ0n) is 7.85. The minimum absolute atomic E-state index is 0.134. The Morgan fingerprint density at radius 3 is 2.57 bits per heavy atom. The molecule has 0 saturated heterocycles. The van der Waals surface area contributed by atoms with Crippen LogP contribution in [0.1, 0.15) is 6.92 Å². The smallest absolute Gasteiger partial charge is 0.0614 e. The molecular formula is C10H12Cl2N2. The first kappa shape index (κ1) is 11.2. The van der Waals surface area contributed by atoms with E-state index in [1.165, 1.54) is 0 Å². The van der Waals surface area contributed by atoms with Crippen molar-refractivity contribution in [2.45, 2.75) is 13.0 Å². The van der Waals surface area contributed by atoms with E-state index in [4.69, 9.17) is 28.9 Å². The zero-order chi connectivity index (χ0) is 10.7. The summed E-state index contributed by atoms with van der Waals surface area (Å²) in [6.07, 6.45) is 1.78. The number of anilines is 2. The molecule has 1 aromatic carbocycles. The van der Waals surface area contributed by atoms with Crippen molar-refractivity contribution in [1.82, 2.24) is 0 Å². The summed E-state index contributed by atoms with van der Waals surface area (Å²) in [6.45, 7) is 5.63. The zero-order valence-corrected chi connectivity index (χ0v) is 9.36. The van der Waals surface area contributed by atoms with Gasteiger partial charge in [-0.2, -0.15) is 0 Å². The second-order valence-electron chi connectivity index (χ2n) is 3.02. The predicted molar refractivity (Wildman–Crippen MR) is 64.2 cm³/mol. The van der Waals surface area contributed by atoms with Crippen molar-refractivity contribution in [3.8, 4) is 0 Å². The summed E-state index contributed by atoms with van der Waals surface area (Å²) < 4.78 is 0. The highest BCUT2D eigenvalue weighted by Gasteiger charge is 2.05. The van der Waals surface area contributed by atoms with Crippen LogP contribution in [0.15, 0.2) is 24.8 Å². The van der Waals surface area contributed by atoms with E-state index in [9.17, 15) is 0 Å². The number of benzene rings is 1. The van der Waals surface area contributed by atoms with Gasteiger partial charge in [0.2, 0.25) is 0 Å². The highest BCUT2D eigenvalue weighted by atomic mass is 35.5. The first-order valence-corrected chi connectivity index (χ1v) is 4.93. The maximum Gasteiger partial charge on any atom is 0.0614 e. The van der Waals surface area contributed by atoms with Crippen molar-refractivity contribution in [1.29, 1.82) is 0 Å². The maximum atomic E-state index is 5.86. The molecule has 0 aliphatic rings. The van der Waals surface area contributed by atoms with Crippen LogP contribution in [-0.2, 0) is 0 Å². The Hall–Kier alpha value is -0.860. The van der Waals surface area contributed by atoms with Crippen LogP contribution < -0.4 is 11.1 Å². The Morgan fingerprint density at radius 2 is 2.00 bits per heavy atom. The molecule has 0 aliphatic carbocycles. The minimum Gasteiger partial charge on any atom is -0.397 e. The lowest BCUT2D eigenvalue weighted by Gasteiger charge is -2.13. The maximum absolute atomic E-state index is 5.86. The highest BCUT2D eigenvalue weighted by molar-refractivity contribution is 6.42. The van der Waals surface area contributed by atoms with Gasteiger partial charge in [0.05, 0.1) is 21.4 Å². The summed E-state index contributed by atoms with van der Waals surface area (Å²) in [5, 5.41) is 4.09. The average Bonchev–Trinajstić information content (AvgIpc) is 2.14. The normalized spacial score (nSPS) is 12.2. The van der Waals surface area contributed by atoms with Crippen molar-refractivity contribution in [2.24, 2.45) is 0 Å². The predicted octanol–water partition coefficient (Wildman–Crippen LogP) is 3.56. The fourth-order valence-corrected chi connectivity index (χ4v) is 1.33. The molecule has 0 heterocycles. The van der Waals surface area contributed by atoms with E-state index in [1.54, 1.807) is 18.2 Å². The molecule has 1 atom stereocenters. The van der Waals surface area contributed by atoms with Crippen molar-refractivity contribution < 1.29 is 0 Å². The van der Waals surface area contributed by atoms with Gasteiger partial charge in [-0.3, -0.25) is 0 Å². The second-order valence-corrected chi connectivity index (χ2v) is 3.84. The Bertz CT molecular complexity index is 350. The highest BCUT2D eigenvalue weighted by Crippen LogP contribution is 2.30. The fourth-order valence-electron chi connectivity index (χ4n) is 0.991. The molecule has 0 radical (unpaired) electrons. The molecule has 0 saturated carbocycles. The molecular weight excluding hydrogens is 219 g/mol. The van der Waals surface area contributed by atoms with Crippen LogP contribution in [0.4, 0.5) is 11.4 Å². The summed E-state index contributed by atoms with van der Waals surface area (Å²) in [5.74, 6) is 0. The third-order valence-electron chi connectivity index (χ3n) is 1.83. The van der Waals surface area contributed by atoms with Gasteiger partial charge in [-0.25, -0.2) is 0 Å². The summed E-state index contributed by atoms with van der Waals surface area (Å²) in [6, 6.07) is 3.47. The number of nitrogens with two attached hydrogens (primary N) is 1.